The molecule has 0 spiro atoms. The third-order valence-corrected chi connectivity index (χ3v) is 4.32. The number of amides is 1. The van der Waals surface area contributed by atoms with Gasteiger partial charge in [-0.05, 0) is 25.8 Å². The number of carboxylic acids is 1. The van der Waals surface area contributed by atoms with Crippen molar-refractivity contribution in [2.24, 2.45) is 0 Å². The smallest absolute Gasteiger partial charge is 0.326 e. The number of aromatic nitrogens is 3. The normalized spacial score (nSPS) is 17.1. The number of aliphatic carboxylic acids is 1. The van der Waals surface area contributed by atoms with Crippen LogP contribution in [0.5, 0.6) is 0 Å². The number of carbonyl (C=O) groups is 2. The average molecular weight is 350 g/mol. The van der Waals surface area contributed by atoms with Gasteiger partial charge in [0.15, 0.2) is 5.69 Å². The number of hydrogen-bond acceptors (Lipinski definition) is 4. The SMILES string of the molecule is Cc1c(C(=O)N2CCCC2C(=O)O)nnn1Cc1ccc(F)cc1F. The molecule has 3 rings (SSSR count). The Labute approximate surface area is 141 Å². The van der Waals surface area contributed by atoms with Crippen LogP contribution in [0.3, 0.4) is 0 Å². The summed E-state index contributed by atoms with van der Waals surface area (Å²) in [5.74, 6) is -2.95. The highest BCUT2D eigenvalue weighted by Gasteiger charge is 2.36. The molecule has 1 aliphatic rings. The van der Waals surface area contributed by atoms with E-state index in [4.69, 9.17) is 0 Å². The van der Waals surface area contributed by atoms with Gasteiger partial charge in [0.1, 0.15) is 17.7 Å². The topological polar surface area (TPSA) is 88.3 Å². The number of carboxylic acid groups (broad SMARTS) is 1. The standard InChI is InChI=1S/C16H16F2N4O3/c1-9-14(15(23)21-6-2-3-13(21)16(24)25)19-20-22(9)8-10-4-5-11(17)7-12(10)18/h4-5,7,13H,2-3,6,8H2,1H3,(H,24,25). The first kappa shape index (κ1) is 17.0. The summed E-state index contributed by atoms with van der Waals surface area (Å²) in [6.45, 7) is 1.93. The van der Waals surface area contributed by atoms with Crippen LogP contribution in [0.25, 0.3) is 0 Å². The Balaban J connectivity index is 1.83. The van der Waals surface area contributed by atoms with Crippen LogP contribution in [0.15, 0.2) is 18.2 Å². The van der Waals surface area contributed by atoms with Crippen molar-refractivity contribution < 1.29 is 23.5 Å². The molecule has 2 heterocycles. The number of rotatable bonds is 4. The van der Waals surface area contributed by atoms with Crippen molar-refractivity contribution in [3.63, 3.8) is 0 Å². The molecule has 2 aromatic rings. The maximum atomic E-state index is 13.8. The molecule has 1 aliphatic heterocycles. The van der Waals surface area contributed by atoms with E-state index in [-0.39, 0.29) is 17.8 Å². The first-order valence-electron chi connectivity index (χ1n) is 7.76. The summed E-state index contributed by atoms with van der Waals surface area (Å²) in [5, 5.41) is 16.9. The molecule has 1 N–H and O–H groups in total. The Bertz CT molecular complexity index is 837. The lowest BCUT2D eigenvalue weighted by Crippen LogP contribution is -2.40. The summed E-state index contributed by atoms with van der Waals surface area (Å²) in [6, 6.07) is 2.34. The number of halogens is 2. The van der Waals surface area contributed by atoms with E-state index in [2.05, 4.69) is 10.3 Å². The third-order valence-electron chi connectivity index (χ3n) is 4.32. The van der Waals surface area contributed by atoms with Crippen LogP contribution in [0, 0.1) is 18.6 Å². The number of likely N-dealkylation sites (tertiary alicyclic amines) is 1. The molecule has 1 unspecified atom stereocenters. The number of carbonyl (C=O) groups excluding carboxylic acids is 1. The van der Waals surface area contributed by atoms with E-state index in [0.29, 0.717) is 25.1 Å². The summed E-state index contributed by atoms with van der Waals surface area (Å²) in [5.41, 5.74) is 0.637. The van der Waals surface area contributed by atoms with Crippen LogP contribution in [0.4, 0.5) is 8.78 Å². The molecule has 1 atom stereocenters. The number of benzene rings is 1. The average Bonchev–Trinajstić information content (AvgIpc) is 3.17. The highest BCUT2D eigenvalue weighted by molar-refractivity contribution is 5.96. The van der Waals surface area contributed by atoms with Crippen molar-refractivity contribution in [3.8, 4) is 0 Å². The van der Waals surface area contributed by atoms with E-state index in [0.717, 1.165) is 12.1 Å². The Kier molecular flexibility index (Phi) is 4.47. The molecule has 7 nitrogen and oxygen atoms in total. The Morgan fingerprint density at radius 1 is 1.36 bits per heavy atom. The highest BCUT2D eigenvalue weighted by atomic mass is 19.1. The maximum absolute atomic E-state index is 13.8. The van der Waals surface area contributed by atoms with Crippen molar-refractivity contribution in [1.29, 1.82) is 0 Å². The Hall–Kier alpha value is -2.84. The predicted molar refractivity (Wildman–Crippen MR) is 81.9 cm³/mol. The van der Waals surface area contributed by atoms with E-state index in [9.17, 15) is 23.5 Å². The van der Waals surface area contributed by atoms with Crippen LogP contribution >= 0.6 is 0 Å². The van der Waals surface area contributed by atoms with Gasteiger partial charge in [-0.25, -0.2) is 18.3 Å². The lowest BCUT2D eigenvalue weighted by atomic mass is 10.2. The molecule has 0 bridgehead atoms. The van der Waals surface area contributed by atoms with Gasteiger partial charge >= 0.3 is 5.97 Å². The summed E-state index contributed by atoms with van der Waals surface area (Å²) >= 11 is 0. The van der Waals surface area contributed by atoms with Crippen LogP contribution in [-0.2, 0) is 11.3 Å². The van der Waals surface area contributed by atoms with Gasteiger partial charge in [0.25, 0.3) is 5.91 Å². The lowest BCUT2D eigenvalue weighted by molar-refractivity contribution is -0.141. The largest absolute Gasteiger partial charge is 0.480 e. The minimum Gasteiger partial charge on any atom is -0.480 e. The van der Waals surface area contributed by atoms with Gasteiger partial charge in [0, 0.05) is 18.2 Å². The maximum Gasteiger partial charge on any atom is 0.326 e. The molecule has 1 aromatic heterocycles. The van der Waals surface area contributed by atoms with E-state index in [1.54, 1.807) is 6.92 Å². The van der Waals surface area contributed by atoms with Gasteiger partial charge in [-0.2, -0.15) is 0 Å². The van der Waals surface area contributed by atoms with Crippen molar-refractivity contribution in [2.45, 2.75) is 32.4 Å². The Morgan fingerprint density at radius 3 is 2.80 bits per heavy atom. The van der Waals surface area contributed by atoms with Crippen LogP contribution in [-0.4, -0.2) is 49.5 Å². The Morgan fingerprint density at radius 2 is 2.12 bits per heavy atom. The first-order valence-corrected chi connectivity index (χ1v) is 7.76. The molecule has 1 aromatic carbocycles. The molecule has 1 saturated heterocycles. The van der Waals surface area contributed by atoms with Crippen molar-refractivity contribution in [3.05, 3.63) is 46.8 Å². The zero-order chi connectivity index (χ0) is 18.1. The van der Waals surface area contributed by atoms with Gasteiger partial charge in [0.2, 0.25) is 0 Å². The molecule has 25 heavy (non-hydrogen) atoms. The van der Waals surface area contributed by atoms with Gasteiger partial charge in [0.05, 0.1) is 12.2 Å². The number of nitrogens with zero attached hydrogens (tertiary/aromatic N) is 4. The molecule has 0 radical (unpaired) electrons. The van der Waals surface area contributed by atoms with Gasteiger partial charge in [-0.3, -0.25) is 4.79 Å². The molecular weight excluding hydrogens is 334 g/mol. The molecule has 1 amide bonds. The van der Waals surface area contributed by atoms with Crippen LogP contribution < -0.4 is 0 Å². The molecule has 1 fully saturated rings. The third kappa shape index (κ3) is 3.21. The fourth-order valence-electron chi connectivity index (χ4n) is 2.92. The second-order valence-corrected chi connectivity index (χ2v) is 5.91. The molecule has 0 aliphatic carbocycles. The minimum absolute atomic E-state index is 0.0133. The summed E-state index contributed by atoms with van der Waals surface area (Å²) in [4.78, 5) is 25.1. The lowest BCUT2D eigenvalue weighted by Gasteiger charge is -2.20. The van der Waals surface area contributed by atoms with Crippen molar-refractivity contribution >= 4 is 11.9 Å². The van der Waals surface area contributed by atoms with Crippen molar-refractivity contribution in [2.75, 3.05) is 6.54 Å². The number of hydrogen-bond donors (Lipinski definition) is 1. The van der Waals surface area contributed by atoms with E-state index < -0.39 is 29.6 Å². The van der Waals surface area contributed by atoms with E-state index >= 15 is 0 Å². The fraction of sp³-hybridized carbons (Fsp3) is 0.375. The van der Waals surface area contributed by atoms with Gasteiger partial charge in [-0.15, -0.1) is 5.10 Å². The van der Waals surface area contributed by atoms with Crippen LogP contribution in [0.1, 0.15) is 34.6 Å². The quantitative estimate of drug-likeness (QED) is 0.905. The molecule has 0 saturated carbocycles. The van der Waals surface area contributed by atoms with Crippen LogP contribution in [0.2, 0.25) is 0 Å². The molecular formula is C16H16F2N4O3. The van der Waals surface area contributed by atoms with Crippen molar-refractivity contribution in [1.82, 2.24) is 19.9 Å². The van der Waals surface area contributed by atoms with E-state index in [1.165, 1.54) is 15.6 Å². The second kappa shape index (κ2) is 6.58. The molecule has 132 valence electrons. The molecule has 9 heteroatoms. The fourth-order valence-corrected chi connectivity index (χ4v) is 2.92. The summed E-state index contributed by atoms with van der Waals surface area (Å²) in [6.07, 6.45) is 1.01. The van der Waals surface area contributed by atoms with Gasteiger partial charge in [-0.1, -0.05) is 11.3 Å². The van der Waals surface area contributed by atoms with E-state index in [1.807, 2.05) is 0 Å². The zero-order valence-electron chi connectivity index (χ0n) is 13.4. The summed E-state index contributed by atoms with van der Waals surface area (Å²) < 4.78 is 28.1. The van der Waals surface area contributed by atoms with Gasteiger partial charge < -0.3 is 10.0 Å². The first-order chi connectivity index (χ1) is 11.9. The predicted octanol–water partition coefficient (Wildman–Crippen LogP) is 1.60. The summed E-state index contributed by atoms with van der Waals surface area (Å²) in [7, 11) is 0. The monoisotopic (exact) mass is 350 g/mol. The minimum atomic E-state index is -1.05. The highest BCUT2D eigenvalue weighted by Crippen LogP contribution is 2.21. The zero-order valence-corrected chi connectivity index (χ0v) is 13.4. The second-order valence-electron chi connectivity index (χ2n) is 5.91.